The molecule has 17 heavy (non-hydrogen) atoms. The van der Waals surface area contributed by atoms with Gasteiger partial charge >= 0.3 is 0 Å². The Morgan fingerprint density at radius 1 is 1.29 bits per heavy atom. The summed E-state index contributed by atoms with van der Waals surface area (Å²) in [6, 6.07) is 3.94. The second-order valence-corrected chi connectivity index (χ2v) is 6.01. The summed E-state index contributed by atoms with van der Waals surface area (Å²) in [5.41, 5.74) is 0.859. The molecule has 0 radical (unpaired) electrons. The molecular weight excluding hydrogens is 230 g/mol. The Hall–Kier alpha value is -1.29. The van der Waals surface area contributed by atoms with Crippen LogP contribution in [0.15, 0.2) is 24.5 Å². The molecule has 2 aromatic rings. The van der Waals surface area contributed by atoms with Crippen molar-refractivity contribution in [1.29, 1.82) is 0 Å². The Kier molecular flexibility index (Phi) is 3.24. The normalized spacial score (nSPS) is 12.1. The topological polar surface area (TPSA) is 38.7 Å². The lowest BCUT2D eigenvalue weighted by Crippen LogP contribution is -2.19. The molecule has 0 N–H and O–H groups in total. The molecule has 0 aliphatic heterocycles. The van der Waals surface area contributed by atoms with Crippen molar-refractivity contribution in [2.75, 3.05) is 0 Å². The van der Waals surface area contributed by atoms with Crippen molar-refractivity contribution in [2.45, 2.75) is 39.0 Å². The summed E-state index contributed by atoms with van der Waals surface area (Å²) in [5, 5.41) is 9.34. The fourth-order valence-corrected chi connectivity index (χ4v) is 2.64. The molecule has 0 fully saturated rings. The first-order valence-corrected chi connectivity index (χ1v) is 6.58. The zero-order valence-corrected chi connectivity index (χ0v) is 11.5. The summed E-state index contributed by atoms with van der Waals surface area (Å²) >= 11 is 1.76. The molecule has 2 rings (SSSR count). The molecule has 0 aromatic carbocycles. The quantitative estimate of drug-likeness (QED) is 0.834. The van der Waals surface area contributed by atoms with Crippen molar-refractivity contribution in [1.82, 2.24) is 15.2 Å². The van der Waals surface area contributed by atoms with E-state index in [-0.39, 0.29) is 5.41 Å². The van der Waals surface area contributed by atoms with Crippen LogP contribution in [0, 0.1) is 0 Å². The summed E-state index contributed by atoms with van der Waals surface area (Å²) in [4.78, 5) is 5.72. The third-order valence-corrected chi connectivity index (χ3v) is 4.47. The van der Waals surface area contributed by atoms with Gasteiger partial charge in [0.2, 0.25) is 0 Å². The Balaban J connectivity index is 2.37. The van der Waals surface area contributed by atoms with E-state index in [9.17, 15) is 0 Å². The maximum Gasteiger partial charge on any atom is 0.0953 e. The van der Waals surface area contributed by atoms with E-state index in [0.717, 1.165) is 5.69 Å². The van der Waals surface area contributed by atoms with Crippen molar-refractivity contribution in [3.63, 3.8) is 0 Å². The summed E-state index contributed by atoms with van der Waals surface area (Å²) in [6.45, 7) is 8.65. The van der Waals surface area contributed by atoms with Crippen LogP contribution in [-0.4, -0.2) is 15.2 Å². The average molecular weight is 247 g/mol. The first-order valence-electron chi connectivity index (χ1n) is 5.76. The minimum atomic E-state index is -0.126. The highest BCUT2D eigenvalue weighted by Crippen LogP contribution is 2.35. The van der Waals surface area contributed by atoms with Gasteiger partial charge in [0.05, 0.1) is 10.7 Å². The smallest absolute Gasteiger partial charge is 0.0953 e. The zero-order valence-electron chi connectivity index (χ0n) is 10.6. The van der Waals surface area contributed by atoms with E-state index in [0.29, 0.717) is 5.92 Å². The molecule has 0 unspecified atom stereocenters. The molecule has 2 aromatic heterocycles. The lowest BCUT2D eigenvalue weighted by Gasteiger charge is -2.21. The summed E-state index contributed by atoms with van der Waals surface area (Å²) in [5.74, 6) is 0.478. The van der Waals surface area contributed by atoms with E-state index in [4.69, 9.17) is 0 Å². The van der Waals surface area contributed by atoms with Crippen LogP contribution in [0.1, 0.15) is 49.2 Å². The van der Waals surface area contributed by atoms with Crippen LogP contribution in [0.4, 0.5) is 0 Å². The molecule has 90 valence electrons. The predicted octanol–water partition coefficient (Wildman–Crippen LogP) is 3.38. The second-order valence-electron chi connectivity index (χ2n) is 4.95. The molecule has 3 nitrogen and oxygen atoms in total. The standard InChI is InChI=1S/C13H17N3S/c1-9(2)12-14-8-11(17-12)13(3,4)10-6-5-7-15-16-10/h5-9H,1-4H3. The van der Waals surface area contributed by atoms with Gasteiger partial charge in [0.25, 0.3) is 0 Å². The van der Waals surface area contributed by atoms with E-state index >= 15 is 0 Å². The molecular formula is C13H17N3S. The van der Waals surface area contributed by atoms with Gasteiger partial charge in [-0.3, -0.25) is 0 Å². The van der Waals surface area contributed by atoms with Crippen molar-refractivity contribution in [2.24, 2.45) is 0 Å². The van der Waals surface area contributed by atoms with Crippen molar-refractivity contribution in [3.05, 3.63) is 40.1 Å². The highest BCUT2D eigenvalue weighted by Gasteiger charge is 2.27. The fourth-order valence-electron chi connectivity index (χ4n) is 1.60. The maximum atomic E-state index is 4.48. The average Bonchev–Trinajstić information content (AvgIpc) is 2.80. The summed E-state index contributed by atoms with van der Waals surface area (Å²) in [6.07, 6.45) is 3.67. The Labute approximate surface area is 106 Å². The second kappa shape index (κ2) is 4.53. The lowest BCUT2D eigenvalue weighted by atomic mass is 9.88. The maximum absolute atomic E-state index is 4.48. The van der Waals surface area contributed by atoms with Gasteiger partial charge < -0.3 is 0 Å². The Bertz CT molecular complexity index is 488. The Morgan fingerprint density at radius 2 is 2.06 bits per heavy atom. The van der Waals surface area contributed by atoms with E-state index in [1.807, 2.05) is 18.3 Å². The molecule has 0 amide bonds. The molecule has 0 saturated heterocycles. The van der Waals surface area contributed by atoms with E-state index in [1.165, 1.54) is 9.88 Å². The third kappa shape index (κ3) is 2.36. The molecule has 0 bridgehead atoms. The minimum Gasteiger partial charge on any atom is -0.249 e. The van der Waals surface area contributed by atoms with Crippen LogP contribution in [0.3, 0.4) is 0 Å². The van der Waals surface area contributed by atoms with Crippen LogP contribution in [0.5, 0.6) is 0 Å². The fraction of sp³-hybridized carbons (Fsp3) is 0.462. The molecule has 0 spiro atoms. The highest BCUT2D eigenvalue weighted by atomic mass is 32.1. The van der Waals surface area contributed by atoms with Gasteiger partial charge in [0.15, 0.2) is 0 Å². The zero-order chi connectivity index (χ0) is 12.5. The Morgan fingerprint density at radius 3 is 2.59 bits per heavy atom. The van der Waals surface area contributed by atoms with Crippen LogP contribution in [0.2, 0.25) is 0 Å². The molecule has 2 heterocycles. The van der Waals surface area contributed by atoms with Gasteiger partial charge in [-0.05, 0) is 26.0 Å². The van der Waals surface area contributed by atoms with Crippen LogP contribution >= 0.6 is 11.3 Å². The van der Waals surface area contributed by atoms with Crippen LogP contribution in [0.25, 0.3) is 0 Å². The van der Waals surface area contributed by atoms with Crippen LogP contribution in [-0.2, 0) is 5.41 Å². The number of nitrogens with zero attached hydrogens (tertiary/aromatic N) is 3. The van der Waals surface area contributed by atoms with Crippen molar-refractivity contribution in [3.8, 4) is 0 Å². The number of hydrogen-bond donors (Lipinski definition) is 0. The highest BCUT2D eigenvalue weighted by molar-refractivity contribution is 7.11. The minimum absolute atomic E-state index is 0.126. The number of aromatic nitrogens is 3. The first kappa shape index (κ1) is 12.2. The summed E-state index contributed by atoms with van der Waals surface area (Å²) in [7, 11) is 0. The van der Waals surface area contributed by atoms with Gasteiger partial charge in [-0.1, -0.05) is 13.8 Å². The van der Waals surface area contributed by atoms with E-state index in [1.54, 1.807) is 17.5 Å². The van der Waals surface area contributed by atoms with E-state index in [2.05, 4.69) is 42.9 Å². The number of hydrogen-bond acceptors (Lipinski definition) is 4. The number of thiazole rings is 1. The van der Waals surface area contributed by atoms with Crippen LogP contribution < -0.4 is 0 Å². The lowest BCUT2D eigenvalue weighted by molar-refractivity contribution is 0.615. The van der Waals surface area contributed by atoms with Gasteiger partial charge in [0, 0.05) is 28.6 Å². The first-order chi connectivity index (χ1) is 8.01. The van der Waals surface area contributed by atoms with Gasteiger partial charge in [0.1, 0.15) is 0 Å². The van der Waals surface area contributed by atoms with Gasteiger partial charge in [-0.15, -0.1) is 11.3 Å². The van der Waals surface area contributed by atoms with Crippen molar-refractivity contribution >= 4 is 11.3 Å². The molecule has 0 aliphatic carbocycles. The monoisotopic (exact) mass is 247 g/mol. The third-order valence-electron chi connectivity index (χ3n) is 2.85. The molecule has 0 aliphatic rings. The van der Waals surface area contributed by atoms with E-state index < -0.39 is 0 Å². The van der Waals surface area contributed by atoms with Gasteiger partial charge in [-0.2, -0.15) is 10.2 Å². The molecule has 0 saturated carbocycles. The number of rotatable bonds is 3. The molecule has 0 atom stereocenters. The largest absolute Gasteiger partial charge is 0.249 e. The van der Waals surface area contributed by atoms with Crippen molar-refractivity contribution < 1.29 is 0 Å². The summed E-state index contributed by atoms with van der Waals surface area (Å²) < 4.78 is 0. The molecule has 4 heteroatoms. The SMILES string of the molecule is CC(C)c1ncc(C(C)(C)c2cccnn2)s1. The predicted molar refractivity (Wildman–Crippen MR) is 70.4 cm³/mol. The van der Waals surface area contributed by atoms with Gasteiger partial charge in [-0.25, -0.2) is 4.98 Å².